The number of hydrogen-bond acceptors (Lipinski definition) is 5. The lowest BCUT2D eigenvalue weighted by Crippen LogP contribution is -2.25. The maximum Gasteiger partial charge on any atom is 0.263 e. The predicted octanol–water partition coefficient (Wildman–Crippen LogP) is 3.13. The summed E-state index contributed by atoms with van der Waals surface area (Å²) in [4.78, 5) is 11.1. The predicted molar refractivity (Wildman–Crippen MR) is 94.4 cm³/mol. The summed E-state index contributed by atoms with van der Waals surface area (Å²) in [5.41, 5.74) is 0.557. The van der Waals surface area contributed by atoms with Gasteiger partial charge in [-0.2, -0.15) is 0 Å². The number of halogens is 2. The Kier molecular flexibility index (Phi) is 4.68. The third kappa shape index (κ3) is 3.60. The molecule has 2 aromatic carbocycles. The molecular formula is C15H12Cl2N2O5S. The smallest absolute Gasteiger partial charge is 0.263 e. The van der Waals surface area contributed by atoms with Crippen LogP contribution in [-0.2, 0) is 14.8 Å². The molecule has 1 aliphatic heterocycles. The van der Waals surface area contributed by atoms with Gasteiger partial charge in [-0.05, 0) is 24.3 Å². The summed E-state index contributed by atoms with van der Waals surface area (Å²) in [5, 5.41) is 2.75. The van der Waals surface area contributed by atoms with Crippen LogP contribution in [0.5, 0.6) is 11.5 Å². The molecule has 0 bridgehead atoms. The highest BCUT2D eigenvalue weighted by atomic mass is 35.5. The number of nitrogens with one attached hydrogen (secondary N) is 2. The van der Waals surface area contributed by atoms with Crippen LogP contribution in [0.3, 0.4) is 0 Å². The molecule has 0 radical (unpaired) electrons. The largest absolute Gasteiger partial charge is 0.495 e. The van der Waals surface area contributed by atoms with Crippen LogP contribution in [0, 0.1) is 0 Å². The van der Waals surface area contributed by atoms with Gasteiger partial charge in [-0.3, -0.25) is 9.52 Å². The van der Waals surface area contributed by atoms with Crippen molar-refractivity contribution in [3.8, 4) is 11.5 Å². The molecule has 0 aromatic heterocycles. The van der Waals surface area contributed by atoms with Crippen molar-refractivity contribution in [2.75, 3.05) is 23.8 Å². The zero-order chi connectivity index (χ0) is 18.2. The average molecular weight is 403 g/mol. The zero-order valence-electron chi connectivity index (χ0n) is 12.8. The molecule has 1 aliphatic rings. The second kappa shape index (κ2) is 6.62. The van der Waals surface area contributed by atoms with Crippen LogP contribution in [0.2, 0.25) is 10.0 Å². The minimum absolute atomic E-state index is 0.0586. The van der Waals surface area contributed by atoms with Crippen LogP contribution in [0.15, 0.2) is 35.2 Å². The van der Waals surface area contributed by atoms with Crippen molar-refractivity contribution in [3.63, 3.8) is 0 Å². The van der Waals surface area contributed by atoms with Crippen LogP contribution >= 0.6 is 23.2 Å². The van der Waals surface area contributed by atoms with Crippen molar-refractivity contribution in [3.05, 3.63) is 40.4 Å². The number of amides is 1. The van der Waals surface area contributed by atoms with Gasteiger partial charge in [0, 0.05) is 6.07 Å². The normalized spacial score (nSPS) is 13.5. The average Bonchev–Trinajstić information content (AvgIpc) is 2.53. The molecule has 0 atom stereocenters. The lowest BCUT2D eigenvalue weighted by Gasteiger charge is -2.19. The maximum atomic E-state index is 12.6. The zero-order valence-corrected chi connectivity index (χ0v) is 15.1. The third-order valence-electron chi connectivity index (χ3n) is 3.36. The third-order valence-corrected chi connectivity index (χ3v) is 5.50. The van der Waals surface area contributed by atoms with Crippen molar-refractivity contribution in [1.82, 2.24) is 0 Å². The Hall–Kier alpha value is -2.16. The molecule has 0 fully saturated rings. The summed E-state index contributed by atoms with van der Waals surface area (Å²) < 4.78 is 37.9. The first-order chi connectivity index (χ1) is 11.8. The number of anilines is 2. The summed E-state index contributed by atoms with van der Waals surface area (Å²) >= 11 is 12.1. The minimum Gasteiger partial charge on any atom is -0.495 e. The van der Waals surface area contributed by atoms with Crippen LogP contribution in [0.25, 0.3) is 0 Å². The van der Waals surface area contributed by atoms with E-state index in [0.29, 0.717) is 11.4 Å². The van der Waals surface area contributed by atoms with Gasteiger partial charge in [0.1, 0.15) is 16.4 Å². The number of rotatable bonds is 4. The van der Waals surface area contributed by atoms with E-state index < -0.39 is 10.0 Å². The fraction of sp³-hybridized carbons (Fsp3) is 0.133. The molecule has 10 heteroatoms. The fourth-order valence-corrected chi connectivity index (χ4v) is 4.08. The number of benzene rings is 2. The maximum absolute atomic E-state index is 12.6. The van der Waals surface area contributed by atoms with E-state index in [4.69, 9.17) is 32.7 Å². The van der Waals surface area contributed by atoms with Crippen molar-refractivity contribution in [2.24, 2.45) is 0 Å². The molecule has 2 N–H and O–H groups in total. The summed E-state index contributed by atoms with van der Waals surface area (Å²) in [5.74, 6) is 0.294. The van der Waals surface area contributed by atoms with Crippen molar-refractivity contribution in [2.45, 2.75) is 4.90 Å². The van der Waals surface area contributed by atoms with Crippen LogP contribution in [0.1, 0.15) is 0 Å². The Bertz CT molecular complexity index is 963. The number of hydrogen-bond donors (Lipinski definition) is 2. The Morgan fingerprint density at radius 1 is 1.20 bits per heavy atom. The standard InChI is InChI=1S/C15H12Cl2N2O5S/c1-23-12-3-2-8(4-9(12)16)19-25(21,22)14-6-13-11(5-10(14)17)18-15(20)7-24-13/h2-6,19H,7H2,1H3,(H,18,20). The van der Waals surface area contributed by atoms with E-state index in [9.17, 15) is 13.2 Å². The van der Waals surface area contributed by atoms with E-state index >= 15 is 0 Å². The Morgan fingerprint density at radius 3 is 2.64 bits per heavy atom. The van der Waals surface area contributed by atoms with Gasteiger partial charge in [0.25, 0.3) is 15.9 Å². The van der Waals surface area contributed by atoms with Crippen LogP contribution < -0.4 is 19.5 Å². The molecule has 0 saturated carbocycles. The Morgan fingerprint density at radius 2 is 1.96 bits per heavy atom. The first kappa shape index (κ1) is 17.7. The fourth-order valence-electron chi connectivity index (χ4n) is 2.23. The van der Waals surface area contributed by atoms with Crippen LogP contribution in [-0.4, -0.2) is 28.0 Å². The molecular weight excluding hydrogens is 391 g/mol. The molecule has 0 saturated heterocycles. The minimum atomic E-state index is -4.00. The number of carbonyl (C=O) groups excluding carboxylic acids is 1. The number of fused-ring (bicyclic) bond motifs is 1. The molecule has 3 rings (SSSR count). The lowest BCUT2D eigenvalue weighted by molar-refractivity contribution is -0.118. The molecule has 0 unspecified atom stereocenters. The van der Waals surface area contributed by atoms with Gasteiger partial charge in [-0.15, -0.1) is 0 Å². The van der Waals surface area contributed by atoms with Crippen molar-refractivity contribution in [1.29, 1.82) is 0 Å². The van der Waals surface area contributed by atoms with Gasteiger partial charge >= 0.3 is 0 Å². The summed E-state index contributed by atoms with van der Waals surface area (Å²) in [6.45, 7) is -0.199. The Labute approximate surface area is 153 Å². The van der Waals surface area contributed by atoms with Crippen molar-refractivity contribution >= 4 is 50.5 Å². The molecule has 1 heterocycles. The SMILES string of the molecule is COc1ccc(NS(=O)(=O)c2cc3c(cc2Cl)NC(=O)CO3)cc1Cl. The number of sulfonamides is 1. The number of carbonyl (C=O) groups is 1. The van der Waals surface area contributed by atoms with Gasteiger partial charge in [-0.25, -0.2) is 8.42 Å². The molecule has 7 nitrogen and oxygen atoms in total. The summed E-state index contributed by atoms with van der Waals surface area (Å²) in [6.07, 6.45) is 0. The summed E-state index contributed by atoms with van der Waals surface area (Å²) in [6, 6.07) is 7.04. The topological polar surface area (TPSA) is 93.7 Å². The van der Waals surface area contributed by atoms with E-state index in [1.54, 1.807) is 0 Å². The second-order valence-electron chi connectivity index (χ2n) is 5.07. The highest BCUT2D eigenvalue weighted by Crippen LogP contribution is 2.36. The highest BCUT2D eigenvalue weighted by molar-refractivity contribution is 7.92. The summed E-state index contributed by atoms with van der Waals surface area (Å²) in [7, 11) is -2.55. The van der Waals surface area contributed by atoms with Gasteiger partial charge in [0.05, 0.1) is 28.5 Å². The quantitative estimate of drug-likeness (QED) is 0.818. The lowest BCUT2D eigenvalue weighted by atomic mass is 10.2. The molecule has 0 spiro atoms. The monoisotopic (exact) mass is 402 g/mol. The number of ether oxygens (including phenoxy) is 2. The molecule has 132 valence electrons. The van der Waals surface area contributed by atoms with Crippen LogP contribution in [0.4, 0.5) is 11.4 Å². The molecule has 0 aliphatic carbocycles. The first-order valence-electron chi connectivity index (χ1n) is 6.93. The number of methoxy groups -OCH3 is 1. The molecule has 25 heavy (non-hydrogen) atoms. The van der Waals surface area contributed by atoms with Gasteiger partial charge in [0.2, 0.25) is 0 Å². The van der Waals surface area contributed by atoms with E-state index in [1.807, 2.05) is 0 Å². The van der Waals surface area contributed by atoms with Crippen molar-refractivity contribution < 1.29 is 22.7 Å². The molecule has 1 amide bonds. The van der Waals surface area contributed by atoms with E-state index in [0.717, 1.165) is 0 Å². The second-order valence-corrected chi connectivity index (χ2v) is 7.54. The first-order valence-corrected chi connectivity index (χ1v) is 9.16. The van der Waals surface area contributed by atoms with E-state index in [-0.39, 0.29) is 38.9 Å². The van der Waals surface area contributed by atoms with E-state index in [1.165, 1.54) is 37.4 Å². The Balaban J connectivity index is 1.95. The van der Waals surface area contributed by atoms with E-state index in [2.05, 4.69) is 10.0 Å². The van der Waals surface area contributed by atoms with Gasteiger partial charge in [-0.1, -0.05) is 23.2 Å². The van der Waals surface area contributed by atoms with Gasteiger partial charge in [0.15, 0.2) is 6.61 Å². The van der Waals surface area contributed by atoms with Gasteiger partial charge < -0.3 is 14.8 Å². The molecule has 2 aromatic rings. The highest BCUT2D eigenvalue weighted by Gasteiger charge is 2.24.